The van der Waals surface area contributed by atoms with Gasteiger partial charge < -0.3 is 14.3 Å². The van der Waals surface area contributed by atoms with E-state index in [1.54, 1.807) is 4.68 Å². The van der Waals surface area contributed by atoms with Gasteiger partial charge >= 0.3 is 5.97 Å². The zero-order valence-electron chi connectivity index (χ0n) is 14.4. The van der Waals surface area contributed by atoms with Gasteiger partial charge in [0.2, 0.25) is 0 Å². The normalized spacial score (nSPS) is 21.2. The van der Waals surface area contributed by atoms with Gasteiger partial charge in [0, 0.05) is 44.4 Å². The highest BCUT2D eigenvalue weighted by Crippen LogP contribution is 2.30. The fourth-order valence-electron chi connectivity index (χ4n) is 3.79. The number of nitrogens with zero attached hydrogens (tertiary/aromatic N) is 3. The maximum absolute atomic E-state index is 11.4. The molecule has 4 heterocycles. The predicted octanol–water partition coefficient (Wildman–Crippen LogP) is 2.51. The largest absolute Gasteiger partial charge is 0.476 e. The zero-order chi connectivity index (χ0) is 17.4. The van der Waals surface area contributed by atoms with Crippen LogP contribution < -0.4 is 0 Å². The van der Waals surface area contributed by atoms with Crippen LogP contribution >= 0.6 is 0 Å². The second-order valence-electron chi connectivity index (χ2n) is 6.82. The number of carboxylic acid groups (broad SMARTS) is 1. The SMILES string of the molecule is Cn1nc(C(=O)O)c2c1CCN(Cc1ccc(C3CCCCO3)o1)C2. The number of aromatic carboxylic acids is 1. The minimum Gasteiger partial charge on any atom is -0.476 e. The Morgan fingerprint density at radius 3 is 3.04 bits per heavy atom. The molecule has 25 heavy (non-hydrogen) atoms. The standard InChI is InChI=1S/C18H23N3O4/c1-20-14-7-8-21(11-13(14)17(19-20)18(22)23)10-12-5-6-16(25-12)15-4-2-3-9-24-15/h5-6,15H,2-4,7-11H2,1H3,(H,22,23). The molecule has 0 amide bonds. The van der Waals surface area contributed by atoms with Gasteiger partial charge in [-0.3, -0.25) is 9.58 Å². The maximum atomic E-state index is 11.4. The van der Waals surface area contributed by atoms with Gasteiger partial charge in [-0.1, -0.05) is 0 Å². The van der Waals surface area contributed by atoms with E-state index in [1.807, 2.05) is 19.2 Å². The molecule has 0 saturated carbocycles. The lowest BCUT2D eigenvalue weighted by Gasteiger charge is -2.26. The van der Waals surface area contributed by atoms with Gasteiger partial charge in [-0.2, -0.15) is 5.10 Å². The number of aryl methyl sites for hydroxylation is 1. The molecule has 2 aromatic heterocycles. The van der Waals surface area contributed by atoms with E-state index < -0.39 is 5.97 Å². The highest BCUT2D eigenvalue weighted by molar-refractivity contribution is 5.87. The minimum absolute atomic E-state index is 0.0763. The number of ether oxygens (including phenoxy) is 1. The van der Waals surface area contributed by atoms with Crippen molar-refractivity contribution in [3.63, 3.8) is 0 Å². The number of hydrogen-bond acceptors (Lipinski definition) is 5. The van der Waals surface area contributed by atoms with Gasteiger partial charge in [-0.15, -0.1) is 0 Å². The molecule has 1 N–H and O–H groups in total. The molecule has 0 aliphatic carbocycles. The van der Waals surface area contributed by atoms with Crippen LogP contribution in [0.3, 0.4) is 0 Å². The van der Waals surface area contributed by atoms with E-state index in [-0.39, 0.29) is 11.8 Å². The van der Waals surface area contributed by atoms with Gasteiger partial charge in [0.1, 0.15) is 17.6 Å². The number of hydrogen-bond donors (Lipinski definition) is 1. The Morgan fingerprint density at radius 1 is 1.40 bits per heavy atom. The van der Waals surface area contributed by atoms with Crippen molar-refractivity contribution >= 4 is 5.97 Å². The van der Waals surface area contributed by atoms with Gasteiger partial charge in [-0.25, -0.2) is 4.79 Å². The van der Waals surface area contributed by atoms with Crippen molar-refractivity contribution in [1.82, 2.24) is 14.7 Å². The molecule has 1 atom stereocenters. The average Bonchev–Trinajstić information content (AvgIpc) is 3.21. The summed E-state index contributed by atoms with van der Waals surface area (Å²) in [5, 5.41) is 13.5. The first kappa shape index (κ1) is 16.4. The average molecular weight is 345 g/mol. The van der Waals surface area contributed by atoms with Crippen LogP contribution in [0.1, 0.15) is 58.6 Å². The highest BCUT2D eigenvalue weighted by Gasteiger charge is 2.27. The van der Waals surface area contributed by atoms with Gasteiger partial charge in [0.05, 0.1) is 6.54 Å². The van der Waals surface area contributed by atoms with Crippen LogP contribution in [0.5, 0.6) is 0 Å². The lowest BCUT2D eigenvalue weighted by atomic mass is 10.0. The number of carbonyl (C=O) groups is 1. The topological polar surface area (TPSA) is 80.7 Å². The van der Waals surface area contributed by atoms with E-state index in [1.165, 1.54) is 6.42 Å². The second kappa shape index (κ2) is 6.65. The van der Waals surface area contributed by atoms with Crippen LogP contribution in [0.2, 0.25) is 0 Å². The molecule has 2 aromatic rings. The molecule has 4 rings (SSSR count). The van der Waals surface area contributed by atoms with E-state index in [4.69, 9.17) is 9.15 Å². The summed E-state index contributed by atoms with van der Waals surface area (Å²) in [6, 6.07) is 4.01. The van der Waals surface area contributed by atoms with Crippen molar-refractivity contribution in [2.24, 2.45) is 7.05 Å². The lowest BCUT2D eigenvalue weighted by molar-refractivity contribution is 0.000794. The van der Waals surface area contributed by atoms with E-state index in [0.29, 0.717) is 13.1 Å². The number of rotatable bonds is 4. The summed E-state index contributed by atoms with van der Waals surface area (Å²) in [5.41, 5.74) is 2.01. The Bertz CT molecular complexity index is 773. The maximum Gasteiger partial charge on any atom is 0.356 e. The van der Waals surface area contributed by atoms with Crippen LogP contribution in [0.4, 0.5) is 0 Å². The first-order valence-corrected chi connectivity index (χ1v) is 8.82. The molecular formula is C18H23N3O4. The quantitative estimate of drug-likeness (QED) is 0.917. The molecule has 0 spiro atoms. The van der Waals surface area contributed by atoms with Gasteiger partial charge in [0.25, 0.3) is 0 Å². The van der Waals surface area contributed by atoms with Gasteiger partial charge in [-0.05, 0) is 31.4 Å². The van der Waals surface area contributed by atoms with Crippen LogP contribution in [0.15, 0.2) is 16.5 Å². The van der Waals surface area contributed by atoms with Crippen molar-refractivity contribution in [2.45, 2.75) is 44.9 Å². The predicted molar refractivity (Wildman–Crippen MR) is 89.2 cm³/mol. The fourth-order valence-corrected chi connectivity index (χ4v) is 3.79. The first-order valence-electron chi connectivity index (χ1n) is 8.82. The molecular weight excluding hydrogens is 322 g/mol. The number of aromatic nitrogens is 2. The van der Waals surface area contributed by atoms with E-state index in [9.17, 15) is 9.90 Å². The Labute approximate surface area is 146 Å². The zero-order valence-corrected chi connectivity index (χ0v) is 14.4. The smallest absolute Gasteiger partial charge is 0.356 e. The molecule has 2 aliphatic heterocycles. The molecule has 0 radical (unpaired) electrons. The van der Waals surface area contributed by atoms with Crippen molar-refractivity contribution in [1.29, 1.82) is 0 Å². The van der Waals surface area contributed by atoms with E-state index >= 15 is 0 Å². The molecule has 0 bridgehead atoms. The van der Waals surface area contributed by atoms with Crippen molar-refractivity contribution in [3.05, 3.63) is 40.6 Å². The Hall–Kier alpha value is -2.12. The lowest BCUT2D eigenvalue weighted by Crippen LogP contribution is -2.31. The summed E-state index contributed by atoms with van der Waals surface area (Å²) in [5.74, 6) is 0.835. The summed E-state index contributed by atoms with van der Waals surface area (Å²) in [7, 11) is 1.81. The van der Waals surface area contributed by atoms with Crippen LogP contribution in [-0.2, 0) is 31.3 Å². The fraction of sp³-hybridized carbons (Fsp3) is 0.556. The molecule has 7 heteroatoms. The third-order valence-corrected chi connectivity index (χ3v) is 5.08. The molecule has 134 valence electrons. The highest BCUT2D eigenvalue weighted by atomic mass is 16.5. The van der Waals surface area contributed by atoms with Crippen molar-refractivity contribution < 1.29 is 19.1 Å². The monoisotopic (exact) mass is 345 g/mol. The molecule has 0 aromatic carbocycles. The summed E-state index contributed by atoms with van der Waals surface area (Å²) >= 11 is 0. The molecule has 7 nitrogen and oxygen atoms in total. The Morgan fingerprint density at radius 2 is 2.28 bits per heavy atom. The number of fused-ring (bicyclic) bond motifs is 1. The Kier molecular flexibility index (Phi) is 4.35. The number of furan rings is 1. The molecule has 1 unspecified atom stereocenters. The summed E-state index contributed by atoms with van der Waals surface area (Å²) < 4.78 is 13.5. The van der Waals surface area contributed by atoms with E-state index in [2.05, 4.69) is 10.00 Å². The summed E-state index contributed by atoms with van der Waals surface area (Å²) in [6.45, 7) is 2.91. The second-order valence-corrected chi connectivity index (χ2v) is 6.82. The van der Waals surface area contributed by atoms with Crippen LogP contribution in [0.25, 0.3) is 0 Å². The minimum atomic E-state index is -0.964. The third kappa shape index (κ3) is 3.21. The summed E-state index contributed by atoms with van der Waals surface area (Å²) in [4.78, 5) is 13.6. The van der Waals surface area contributed by atoms with Gasteiger partial charge in [0.15, 0.2) is 5.69 Å². The first-order chi connectivity index (χ1) is 12.1. The summed E-state index contributed by atoms with van der Waals surface area (Å²) in [6.07, 6.45) is 4.18. The number of carboxylic acids is 1. The van der Waals surface area contributed by atoms with E-state index in [0.717, 1.165) is 55.2 Å². The molecule has 1 fully saturated rings. The van der Waals surface area contributed by atoms with Crippen molar-refractivity contribution in [3.8, 4) is 0 Å². The Balaban J connectivity index is 1.46. The molecule has 2 aliphatic rings. The van der Waals surface area contributed by atoms with Crippen LogP contribution in [0, 0.1) is 0 Å². The van der Waals surface area contributed by atoms with Crippen LogP contribution in [-0.4, -0.2) is 38.9 Å². The van der Waals surface area contributed by atoms with Crippen molar-refractivity contribution in [2.75, 3.05) is 13.2 Å². The molecule has 1 saturated heterocycles. The third-order valence-electron chi connectivity index (χ3n) is 5.08.